The fraction of sp³-hybridized carbons (Fsp3) is 0.250. The molecule has 9 heteroatoms. The largest absolute Gasteiger partial charge is 0.335 e. The van der Waals surface area contributed by atoms with Gasteiger partial charge in [0.2, 0.25) is 16.9 Å². The van der Waals surface area contributed by atoms with E-state index in [-0.39, 0.29) is 11.7 Å². The molecular formula is C24H27N7OS. The minimum absolute atomic E-state index is 0.135. The second-order valence-corrected chi connectivity index (χ2v) is 8.92. The zero-order chi connectivity index (χ0) is 23.4. The number of nitrogen functional groups attached to an aromatic ring is 1. The molecule has 1 amide bonds. The Labute approximate surface area is 197 Å². The maximum absolute atomic E-state index is 12.4. The van der Waals surface area contributed by atoms with E-state index in [9.17, 15) is 4.79 Å². The van der Waals surface area contributed by atoms with E-state index in [0.29, 0.717) is 22.6 Å². The lowest BCUT2D eigenvalue weighted by molar-refractivity contribution is -0.113. The molecule has 170 valence electrons. The maximum Gasteiger partial charge on any atom is 0.234 e. The molecule has 0 spiro atoms. The number of aromatic nitrogens is 5. The van der Waals surface area contributed by atoms with Crippen LogP contribution in [0.3, 0.4) is 0 Å². The SMILES string of the molecule is CCC(C)c1ccc(NC(=O)CSc2nnc(-c3cc(-c4ccc(C)cc4)n[nH]3)n2N)cc1. The van der Waals surface area contributed by atoms with Gasteiger partial charge in [0.25, 0.3) is 0 Å². The topological polar surface area (TPSA) is 115 Å². The molecule has 0 fully saturated rings. The third-order valence-electron chi connectivity index (χ3n) is 5.54. The highest BCUT2D eigenvalue weighted by atomic mass is 32.2. The van der Waals surface area contributed by atoms with E-state index in [1.54, 1.807) is 0 Å². The molecule has 0 radical (unpaired) electrons. The Bertz CT molecular complexity index is 1230. The molecule has 0 aliphatic carbocycles. The fourth-order valence-electron chi connectivity index (χ4n) is 3.33. The number of aromatic amines is 1. The van der Waals surface area contributed by atoms with E-state index in [1.807, 2.05) is 49.4 Å². The van der Waals surface area contributed by atoms with Crippen LogP contribution in [0, 0.1) is 6.92 Å². The summed E-state index contributed by atoms with van der Waals surface area (Å²) in [5.41, 5.74) is 5.65. The second kappa shape index (κ2) is 9.91. The lowest BCUT2D eigenvalue weighted by Gasteiger charge is -2.10. The van der Waals surface area contributed by atoms with Gasteiger partial charge in [0, 0.05) is 11.3 Å². The molecule has 2 aromatic heterocycles. The van der Waals surface area contributed by atoms with E-state index < -0.39 is 0 Å². The summed E-state index contributed by atoms with van der Waals surface area (Å²) in [6.45, 7) is 6.39. The molecule has 1 unspecified atom stereocenters. The standard InChI is InChI=1S/C24H27N7OS/c1-4-16(3)17-9-11-19(12-10-17)26-22(32)14-33-24-30-29-23(31(24)25)21-13-20(27-28-21)18-7-5-15(2)6-8-18/h5-13,16H,4,14,25H2,1-3H3,(H,26,32)(H,27,28). The molecule has 0 bridgehead atoms. The van der Waals surface area contributed by atoms with Gasteiger partial charge in [0.15, 0.2) is 0 Å². The molecule has 2 aromatic carbocycles. The van der Waals surface area contributed by atoms with Gasteiger partial charge in [-0.1, -0.05) is 67.6 Å². The monoisotopic (exact) mass is 461 g/mol. The van der Waals surface area contributed by atoms with Gasteiger partial charge < -0.3 is 11.2 Å². The summed E-state index contributed by atoms with van der Waals surface area (Å²) < 4.78 is 1.37. The van der Waals surface area contributed by atoms with Crippen LogP contribution in [0.25, 0.3) is 22.8 Å². The molecule has 4 N–H and O–H groups in total. The van der Waals surface area contributed by atoms with Gasteiger partial charge in [-0.3, -0.25) is 9.89 Å². The second-order valence-electron chi connectivity index (χ2n) is 7.98. The molecule has 2 heterocycles. The predicted molar refractivity (Wildman–Crippen MR) is 132 cm³/mol. The smallest absolute Gasteiger partial charge is 0.234 e. The Morgan fingerprint density at radius 2 is 1.88 bits per heavy atom. The first-order chi connectivity index (χ1) is 15.9. The van der Waals surface area contributed by atoms with E-state index >= 15 is 0 Å². The van der Waals surface area contributed by atoms with Gasteiger partial charge in [-0.25, -0.2) is 4.68 Å². The molecule has 0 aliphatic rings. The summed E-state index contributed by atoms with van der Waals surface area (Å²) in [4.78, 5) is 12.4. The molecular weight excluding hydrogens is 434 g/mol. The first-order valence-electron chi connectivity index (χ1n) is 10.8. The number of hydrogen-bond acceptors (Lipinski definition) is 6. The number of aryl methyl sites for hydroxylation is 1. The summed E-state index contributed by atoms with van der Waals surface area (Å²) in [6.07, 6.45) is 1.08. The Balaban J connectivity index is 1.37. The van der Waals surface area contributed by atoms with Crippen molar-refractivity contribution < 1.29 is 4.79 Å². The number of benzene rings is 2. The Morgan fingerprint density at radius 1 is 1.15 bits per heavy atom. The van der Waals surface area contributed by atoms with Crippen molar-refractivity contribution in [3.8, 4) is 22.8 Å². The highest BCUT2D eigenvalue weighted by Crippen LogP contribution is 2.25. The normalized spacial score (nSPS) is 12.0. The summed E-state index contributed by atoms with van der Waals surface area (Å²) >= 11 is 1.22. The number of nitrogens with one attached hydrogen (secondary N) is 2. The van der Waals surface area contributed by atoms with Crippen molar-refractivity contribution in [2.75, 3.05) is 16.9 Å². The van der Waals surface area contributed by atoms with Gasteiger partial charge in [-0.2, -0.15) is 5.10 Å². The molecule has 4 rings (SSSR count). The Morgan fingerprint density at radius 3 is 2.58 bits per heavy atom. The van der Waals surface area contributed by atoms with Crippen LogP contribution in [0.5, 0.6) is 0 Å². The number of H-pyrrole nitrogens is 1. The van der Waals surface area contributed by atoms with Crippen molar-refractivity contribution in [2.24, 2.45) is 0 Å². The number of anilines is 1. The zero-order valence-corrected chi connectivity index (χ0v) is 19.7. The van der Waals surface area contributed by atoms with Crippen molar-refractivity contribution in [2.45, 2.75) is 38.3 Å². The number of nitrogens with zero attached hydrogens (tertiary/aromatic N) is 4. The van der Waals surface area contributed by atoms with Gasteiger partial charge in [-0.15, -0.1) is 10.2 Å². The quantitative estimate of drug-likeness (QED) is 0.261. The van der Waals surface area contributed by atoms with Crippen LogP contribution >= 0.6 is 11.8 Å². The minimum atomic E-state index is -0.135. The van der Waals surface area contributed by atoms with E-state index in [0.717, 1.165) is 23.4 Å². The van der Waals surface area contributed by atoms with E-state index in [4.69, 9.17) is 5.84 Å². The number of nitrogens with two attached hydrogens (primary N) is 1. The van der Waals surface area contributed by atoms with Crippen LogP contribution in [0.4, 0.5) is 5.69 Å². The maximum atomic E-state index is 12.4. The van der Waals surface area contributed by atoms with Crippen LogP contribution < -0.4 is 11.2 Å². The first kappa shape index (κ1) is 22.6. The Hall–Kier alpha value is -3.59. The first-order valence-corrected chi connectivity index (χ1v) is 11.8. The number of hydrogen-bond donors (Lipinski definition) is 3. The van der Waals surface area contributed by atoms with Crippen LogP contribution in [-0.4, -0.2) is 36.7 Å². The van der Waals surface area contributed by atoms with E-state index in [1.165, 1.54) is 27.6 Å². The number of carbonyl (C=O) groups is 1. The molecule has 1 atom stereocenters. The van der Waals surface area contributed by atoms with Gasteiger partial charge in [0.1, 0.15) is 5.69 Å². The molecule has 33 heavy (non-hydrogen) atoms. The van der Waals surface area contributed by atoms with E-state index in [2.05, 4.69) is 51.7 Å². The average molecular weight is 462 g/mol. The van der Waals surface area contributed by atoms with Crippen molar-refractivity contribution in [3.63, 3.8) is 0 Å². The number of rotatable bonds is 8. The van der Waals surface area contributed by atoms with Crippen LogP contribution in [0.15, 0.2) is 59.8 Å². The van der Waals surface area contributed by atoms with Crippen molar-refractivity contribution in [1.82, 2.24) is 25.1 Å². The Kier molecular flexibility index (Phi) is 6.79. The van der Waals surface area contributed by atoms with Gasteiger partial charge in [0.05, 0.1) is 11.4 Å². The van der Waals surface area contributed by atoms with Crippen LogP contribution in [-0.2, 0) is 4.79 Å². The lowest BCUT2D eigenvalue weighted by atomic mass is 9.99. The summed E-state index contributed by atoms with van der Waals surface area (Å²) in [5.74, 6) is 7.17. The third kappa shape index (κ3) is 5.25. The third-order valence-corrected chi connectivity index (χ3v) is 6.48. The number of amides is 1. The highest BCUT2D eigenvalue weighted by molar-refractivity contribution is 7.99. The highest BCUT2D eigenvalue weighted by Gasteiger charge is 2.16. The van der Waals surface area contributed by atoms with Crippen molar-refractivity contribution in [1.29, 1.82) is 0 Å². The summed E-state index contributed by atoms with van der Waals surface area (Å²) in [7, 11) is 0. The van der Waals surface area contributed by atoms with Crippen molar-refractivity contribution >= 4 is 23.4 Å². The summed E-state index contributed by atoms with van der Waals surface area (Å²) in [5, 5.41) is 19.0. The molecule has 0 saturated heterocycles. The molecule has 0 saturated carbocycles. The molecule has 8 nitrogen and oxygen atoms in total. The minimum Gasteiger partial charge on any atom is -0.335 e. The zero-order valence-electron chi connectivity index (χ0n) is 18.9. The summed E-state index contributed by atoms with van der Waals surface area (Å²) in [6, 6.07) is 17.9. The van der Waals surface area contributed by atoms with Crippen LogP contribution in [0.1, 0.15) is 37.3 Å². The van der Waals surface area contributed by atoms with Gasteiger partial charge in [-0.05, 0) is 43.0 Å². The molecule has 0 aliphatic heterocycles. The average Bonchev–Trinajstić information content (AvgIpc) is 3.45. The number of carbonyl (C=O) groups excluding carboxylic acids is 1. The molecule has 4 aromatic rings. The number of thioether (sulfide) groups is 1. The van der Waals surface area contributed by atoms with Crippen molar-refractivity contribution in [3.05, 3.63) is 65.7 Å². The van der Waals surface area contributed by atoms with Crippen LogP contribution in [0.2, 0.25) is 0 Å². The predicted octanol–water partition coefficient (Wildman–Crippen LogP) is 4.60. The lowest BCUT2D eigenvalue weighted by Crippen LogP contribution is -2.16. The van der Waals surface area contributed by atoms with Gasteiger partial charge >= 0.3 is 0 Å². The fourth-order valence-corrected chi connectivity index (χ4v) is 3.98.